The van der Waals surface area contributed by atoms with E-state index in [0.29, 0.717) is 25.9 Å². The van der Waals surface area contributed by atoms with E-state index in [1.165, 1.54) is 4.31 Å². The predicted molar refractivity (Wildman–Crippen MR) is 75.1 cm³/mol. The van der Waals surface area contributed by atoms with Crippen LogP contribution in [0.2, 0.25) is 0 Å². The first-order valence-electron chi connectivity index (χ1n) is 6.91. The van der Waals surface area contributed by atoms with Crippen LogP contribution in [0.25, 0.3) is 0 Å². The zero-order chi connectivity index (χ0) is 14.8. The van der Waals surface area contributed by atoms with Crippen molar-refractivity contribution in [1.82, 2.24) is 9.03 Å². The lowest BCUT2D eigenvalue weighted by Crippen LogP contribution is -2.51. The maximum Gasteiger partial charge on any atom is 0.279 e. The SMILES string of the molecule is O=S1(=O)CCC(NS(=O)(=O)N2CCCC(CO)C2)CC1. The smallest absolute Gasteiger partial charge is 0.279 e. The molecule has 118 valence electrons. The molecule has 0 aromatic rings. The Morgan fingerprint density at radius 1 is 1.20 bits per heavy atom. The molecule has 0 bridgehead atoms. The van der Waals surface area contributed by atoms with Crippen LogP contribution in [0.4, 0.5) is 0 Å². The first-order valence-corrected chi connectivity index (χ1v) is 10.2. The lowest BCUT2D eigenvalue weighted by molar-refractivity contribution is 0.164. The quantitative estimate of drug-likeness (QED) is 0.697. The maximum absolute atomic E-state index is 12.3. The van der Waals surface area contributed by atoms with Gasteiger partial charge < -0.3 is 5.11 Å². The van der Waals surface area contributed by atoms with Crippen LogP contribution in [0.15, 0.2) is 0 Å². The van der Waals surface area contributed by atoms with Crippen molar-refractivity contribution in [3.63, 3.8) is 0 Å². The van der Waals surface area contributed by atoms with E-state index in [-0.39, 0.29) is 30.1 Å². The lowest BCUT2D eigenvalue weighted by Gasteiger charge is -2.33. The Hall–Kier alpha value is -0.220. The fourth-order valence-electron chi connectivity index (χ4n) is 2.69. The summed E-state index contributed by atoms with van der Waals surface area (Å²) >= 11 is 0. The second-order valence-electron chi connectivity index (χ2n) is 5.60. The van der Waals surface area contributed by atoms with Gasteiger partial charge in [0, 0.05) is 25.7 Å². The summed E-state index contributed by atoms with van der Waals surface area (Å²) in [5.74, 6) is 0.0749. The van der Waals surface area contributed by atoms with E-state index in [2.05, 4.69) is 4.72 Å². The van der Waals surface area contributed by atoms with Gasteiger partial charge in [0.25, 0.3) is 10.2 Å². The summed E-state index contributed by atoms with van der Waals surface area (Å²) in [7, 11) is -6.58. The molecule has 2 aliphatic heterocycles. The van der Waals surface area contributed by atoms with Gasteiger partial charge in [0.15, 0.2) is 0 Å². The molecule has 0 saturated carbocycles. The van der Waals surface area contributed by atoms with E-state index in [1.807, 2.05) is 0 Å². The molecule has 2 heterocycles. The van der Waals surface area contributed by atoms with Crippen LogP contribution >= 0.6 is 0 Å². The van der Waals surface area contributed by atoms with Crippen LogP contribution in [0.1, 0.15) is 25.7 Å². The van der Waals surface area contributed by atoms with Gasteiger partial charge in [-0.05, 0) is 31.6 Å². The van der Waals surface area contributed by atoms with Crippen molar-refractivity contribution >= 4 is 20.0 Å². The van der Waals surface area contributed by atoms with Crippen molar-refractivity contribution < 1.29 is 21.9 Å². The van der Waals surface area contributed by atoms with Crippen molar-refractivity contribution in [3.8, 4) is 0 Å². The molecule has 1 unspecified atom stereocenters. The van der Waals surface area contributed by atoms with E-state index < -0.39 is 20.0 Å². The van der Waals surface area contributed by atoms with Gasteiger partial charge >= 0.3 is 0 Å². The average molecular weight is 326 g/mol. The summed E-state index contributed by atoms with van der Waals surface area (Å²) in [4.78, 5) is 0. The fraction of sp³-hybridized carbons (Fsp3) is 1.00. The summed E-state index contributed by atoms with van der Waals surface area (Å²) in [6, 6.07) is -0.307. The molecule has 0 aromatic heterocycles. The Kier molecular flexibility index (Phi) is 5.06. The van der Waals surface area contributed by atoms with Gasteiger partial charge in [0.2, 0.25) is 0 Å². The van der Waals surface area contributed by atoms with Gasteiger partial charge in [-0.15, -0.1) is 0 Å². The van der Waals surface area contributed by atoms with Crippen molar-refractivity contribution in [2.75, 3.05) is 31.2 Å². The third kappa shape index (κ3) is 4.14. The fourth-order valence-corrected chi connectivity index (χ4v) is 5.76. The number of aliphatic hydroxyl groups excluding tert-OH is 1. The zero-order valence-electron chi connectivity index (χ0n) is 11.4. The molecule has 0 aliphatic carbocycles. The molecule has 0 amide bonds. The molecule has 1 atom stereocenters. The summed E-state index contributed by atoms with van der Waals surface area (Å²) in [5, 5.41) is 9.14. The predicted octanol–water partition coefficient (Wildman–Crippen LogP) is -0.898. The molecule has 0 spiro atoms. The van der Waals surface area contributed by atoms with Gasteiger partial charge in [0.1, 0.15) is 9.84 Å². The third-order valence-electron chi connectivity index (χ3n) is 3.95. The molecule has 20 heavy (non-hydrogen) atoms. The molecule has 0 aromatic carbocycles. The standard InChI is InChI=1S/C11H22N2O5S2/c14-9-10-2-1-5-13(8-10)20(17,18)12-11-3-6-19(15,16)7-4-11/h10-12,14H,1-9H2. The molecule has 7 nitrogen and oxygen atoms in total. The Balaban J connectivity index is 1.94. The van der Waals surface area contributed by atoms with Crippen LogP contribution in [0, 0.1) is 5.92 Å². The van der Waals surface area contributed by atoms with Gasteiger partial charge in [-0.1, -0.05) is 0 Å². The molecule has 2 N–H and O–H groups in total. The number of sulfone groups is 1. The summed E-state index contributed by atoms with van der Waals surface area (Å²) in [6.45, 7) is 0.779. The van der Waals surface area contributed by atoms with E-state index in [9.17, 15) is 16.8 Å². The number of rotatable bonds is 4. The van der Waals surface area contributed by atoms with Crippen LogP contribution < -0.4 is 4.72 Å². The zero-order valence-corrected chi connectivity index (χ0v) is 13.0. The molecule has 2 aliphatic rings. The Morgan fingerprint density at radius 2 is 1.85 bits per heavy atom. The summed E-state index contributed by atoms with van der Waals surface area (Å²) < 4.78 is 51.1. The number of nitrogens with zero attached hydrogens (tertiary/aromatic N) is 1. The first-order chi connectivity index (χ1) is 9.32. The highest BCUT2D eigenvalue weighted by atomic mass is 32.2. The number of piperidine rings is 1. The van der Waals surface area contributed by atoms with Gasteiger partial charge in [0.05, 0.1) is 11.5 Å². The van der Waals surface area contributed by atoms with Crippen LogP contribution in [0.5, 0.6) is 0 Å². The number of hydrogen-bond acceptors (Lipinski definition) is 5. The minimum Gasteiger partial charge on any atom is -0.396 e. The molecular weight excluding hydrogens is 304 g/mol. The highest BCUT2D eigenvalue weighted by Gasteiger charge is 2.32. The van der Waals surface area contributed by atoms with Crippen LogP contribution in [0.3, 0.4) is 0 Å². The van der Waals surface area contributed by atoms with E-state index in [0.717, 1.165) is 12.8 Å². The molecule has 2 rings (SSSR count). The Labute approximate surface area is 120 Å². The highest BCUT2D eigenvalue weighted by molar-refractivity contribution is 7.91. The van der Waals surface area contributed by atoms with Crippen molar-refractivity contribution in [2.24, 2.45) is 5.92 Å². The average Bonchev–Trinajstić information content (AvgIpc) is 2.41. The van der Waals surface area contributed by atoms with Crippen LogP contribution in [-0.2, 0) is 20.0 Å². The molecule has 2 fully saturated rings. The number of nitrogens with one attached hydrogen (secondary N) is 1. The van der Waals surface area contributed by atoms with E-state index >= 15 is 0 Å². The topological polar surface area (TPSA) is 104 Å². The van der Waals surface area contributed by atoms with E-state index in [1.54, 1.807) is 0 Å². The molecule has 9 heteroatoms. The molecular formula is C11H22N2O5S2. The minimum absolute atomic E-state index is 0.00626. The van der Waals surface area contributed by atoms with Crippen LogP contribution in [-0.4, -0.2) is 63.5 Å². The van der Waals surface area contributed by atoms with E-state index in [4.69, 9.17) is 5.11 Å². The highest BCUT2D eigenvalue weighted by Crippen LogP contribution is 2.20. The third-order valence-corrected chi connectivity index (χ3v) is 7.31. The lowest BCUT2D eigenvalue weighted by atomic mass is 10.0. The van der Waals surface area contributed by atoms with Crippen molar-refractivity contribution in [3.05, 3.63) is 0 Å². The Morgan fingerprint density at radius 3 is 2.45 bits per heavy atom. The monoisotopic (exact) mass is 326 g/mol. The largest absolute Gasteiger partial charge is 0.396 e. The van der Waals surface area contributed by atoms with Crippen molar-refractivity contribution in [2.45, 2.75) is 31.7 Å². The summed E-state index contributed by atoms with van der Waals surface area (Å²) in [5.41, 5.74) is 0. The van der Waals surface area contributed by atoms with Gasteiger partial charge in [-0.2, -0.15) is 17.4 Å². The minimum atomic E-state index is -3.59. The normalized spacial score (nSPS) is 29.4. The summed E-state index contributed by atoms with van der Waals surface area (Å²) in [6.07, 6.45) is 2.24. The first kappa shape index (κ1) is 16.2. The second kappa shape index (κ2) is 6.27. The van der Waals surface area contributed by atoms with Gasteiger partial charge in [-0.3, -0.25) is 0 Å². The second-order valence-corrected chi connectivity index (χ2v) is 9.60. The molecule has 2 saturated heterocycles. The van der Waals surface area contributed by atoms with Gasteiger partial charge in [-0.25, -0.2) is 8.42 Å². The van der Waals surface area contributed by atoms with Crippen molar-refractivity contribution in [1.29, 1.82) is 0 Å². The number of hydrogen-bond donors (Lipinski definition) is 2. The maximum atomic E-state index is 12.3. The number of aliphatic hydroxyl groups is 1. The molecule has 0 radical (unpaired) electrons. The Bertz CT molecular complexity index is 517.